The average molecular weight is 213 g/mol. The SMILES string of the molecule is Cc1ccc(C(=O)C(C)N)cc1C(F)F. The van der Waals surface area contributed by atoms with Crippen LogP contribution in [-0.4, -0.2) is 11.8 Å². The molecule has 1 aromatic carbocycles. The number of hydrogen-bond acceptors (Lipinski definition) is 2. The summed E-state index contributed by atoms with van der Waals surface area (Å²) in [4.78, 5) is 11.5. The van der Waals surface area contributed by atoms with Crippen molar-refractivity contribution >= 4 is 5.78 Å². The van der Waals surface area contributed by atoms with E-state index in [1.165, 1.54) is 25.1 Å². The van der Waals surface area contributed by atoms with Gasteiger partial charge in [-0.2, -0.15) is 0 Å². The van der Waals surface area contributed by atoms with Gasteiger partial charge in [-0.25, -0.2) is 8.78 Å². The van der Waals surface area contributed by atoms with E-state index in [2.05, 4.69) is 0 Å². The van der Waals surface area contributed by atoms with Crippen LogP contribution in [0.3, 0.4) is 0 Å². The van der Waals surface area contributed by atoms with Crippen molar-refractivity contribution in [1.82, 2.24) is 0 Å². The zero-order valence-electron chi connectivity index (χ0n) is 8.63. The number of aryl methyl sites for hydroxylation is 1. The van der Waals surface area contributed by atoms with E-state index in [4.69, 9.17) is 5.73 Å². The van der Waals surface area contributed by atoms with Gasteiger partial charge in [-0.1, -0.05) is 12.1 Å². The smallest absolute Gasteiger partial charge is 0.264 e. The number of hydrogen-bond donors (Lipinski definition) is 1. The number of carbonyl (C=O) groups is 1. The highest BCUT2D eigenvalue weighted by atomic mass is 19.3. The molecular weight excluding hydrogens is 200 g/mol. The number of ketones is 1. The minimum Gasteiger partial charge on any atom is -0.321 e. The number of benzene rings is 1. The molecule has 4 heteroatoms. The molecule has 0 aliphatic carbocycles. The Balaban J connectivity index is 3.13. The molecule has 1 atom stereocenters. The van der Waals surface area contributed by atoms with Crippen LogP contribution in [0.4, 0.5) is 8.78 Å². The highest BCUT2D eigenvalue weighted by Gasteiger charge is 2.16. The number of Topliss-reactive ketones (excluding diaryl/α,β-unsaturated/α-hetero) is 1. The summed E-state index contributed by atoms with van der Waals surface area (Å²) in [6.07, 6.45) is -2.56. The predicted octanol–water partition coefficient (Wildman–Crippen LogP) is 2.46. The monoisotopic (exact) mass is 213 g/mol. The van der Waals surface area contributed by atoms with Crippen molar-refractivity contribution < 1.29 is 13.6 Å². The molecule has 0 aliphatic rings. The summed E-state index contributed by atoms with van der Waals surface area (Å²) < 4.78 is 25.1. The van der Waals surface area contributed by atoms with Gasteiger partial charge >= 0.3 is 0 Å². The van der Waals surface area contributed by atoms with Gasteiger partial charge in [-0.15, -0.1) is 0 Å². The van der Waals surface area contributed by atoms with Crippen LogP contribution in [0, 0.1) is 6.92 Å². The van der Waals surface area contributed by atoms with Crippen molar-refractivity contribution in [2.24, 2.45) is 5.73 Å². The van der Waals surface area contributed by atoms with E-state index in [0.29, 0.717) is 5.56 Å². The summed E-state index contributed by atoms with van der Waals surface area (Å²) in [6, 6.07) is 3.58. The van der Waals surface area contributed by atoms with Crippen molar-refractivity contribution in [2.75, 3.05) is 0 Å². The van der Waals surface area contributed by atoms with Gasteiger partial charge in [0.2, 0.25) is 0 Å². The second kappa shape index (κ2) is 4.49. The maximum atomic E-state index is 12.5. The normalized spacial score (nSPS) is 12.9. The Morgan fingerprint density at radius 3 is 2.47 bits per heavy atom. The molecule has 15 heavy (non-hydrogen) atoms. The molecule has 0 radical (unpaired) electrons. The van der Waals surface area contributed by atoms with E-state index in [9.17, 15) is 13.6 Å². The highest BCUT2D eigenvalue weighted by Crippen LogP contribution is 2.23. The van der Waals surface area contributed by atoms with Gasteiger partial charge in [0.05, 0.1) is 6.04 Å². The van der Waals surface area contributed by atoms with Crippen molar-refractivity contribution in [3.8, 4) is 0 Å². The Kier molecular flexibility index (Phi) is 3.52. The standard InChI is InChI=1S/C11H13F2NO/c1-6-3-4-8(10(15)7(2)14)5-9(6)11(12)13/h3-5,7,11H,14H2,1-2H3. The molecule has 0 fully saturated rings. The minimum absolute atomic E-state index is 0.110. The first-order valence-electron chi connectivity index (χ1n) is 4.62. The van der Waals surface area contributed by atoms with E-state index in [-0.39, 0.29) is 16.9 Å². The molecular formula is C11H13F2NO. The van der Waals surface area contributed by atoms with Gasteiger partial charge in [0, 0.05) is 11.1 Å². The Morgan fingerprint density at radius 2 is 2.00 bits per heavy atom. The lowest BCUT2D eigenvalue weighted by molar-refractivity contribution is 0.0967. The van der Waals surface area contributed by atoms with E-state index < -0.39 is 12.5 Å². The van der Waals surface area contributed by atoms with Crippen LogP contribution in [0.5, 0.6) is 0 Å². The first kappa shape index (κ1) is 11.8. The molecule has 0 spiro atoms. The summed E-state index contributed by atoms with van der Waals surface area (Å²) in [5, 5.41) is 0. The third-order valence-electron chi connectivity index (χ3n) is 2.21. The molecule has 1 aromatic rings. The summed E-state index contributed by atoms with van der Waals surface area (Å²) >= 11 is 0. The maximum Gasteiger partial charge on any atom is 0.264 e. The maximum absolute atomic E-state index is 12.5. The molecule has 1 unspecified atom stereocenters. The van der Waals surface area contributed by atoms with E-state index in [0.717, 1.165) is 0 Å². The second-order valence-electron chi connectivity index (χ2n) is 3.52. The van der Waals surface area contributed by atoms with Crippen LogP contribution >= 0.6 is 0 Å². The minimum atomic E-state index is -2.56. The van der Waals surface area contributed by atoms with Crippen molar-refractivity contribution in [3.63, 3.8) is 0 Å². The fraction of sp³-hybridized carbons (Fsp3) is 0.364. The second-order valence-corrected chi connectivity index (χ2v) is 3.52. The third-order valence-corrected chi connectivity index (χ3v) is 2.21. The number of carbonyl (C=O) groups excluding carboxylic acids is 1. The number of alkyl halides is 2. The topological polar surface area (TPSA) is 43.1 Å². The lowest BCUT2D eigenvalue weighted by Crippen LogP contribution is -2.26. The Hall–Kier alpha value is -1.29. The highest BCUT2D eigenvalue weighted by molar-refractivity contribution is 5.99. The van der Waals surface area contributed by atoms with Crippen LogP contribution in [0.2, 0.25) is 0 Å². The zero-order valence-corrected chi connectivity index (χ0v) is 8.63. The molecule has 0 saturated carbocycles. The van der Waals surface area contributed by atoms with Crippen molar-refractivity contribution in [3.05, 3.63) is 34.9 Å². The van der Waals surface area contributed by atoms with Gasteiger partial charge in [0.1, 0.15) is 0 Å². The van der Waals surface area contributed by atoms with Gasteiger partial charge in [-0.3, -0.25) is 4.79 Å². The molecule has 0 bridgehead atoms. The molecule has 2 N–H and O–H groups in total. The van der Waals surface area contributed by atoms with E-state index >= 15 is 0 Å². The molecule has 82 valence electrons. The Bertz CT molecular complexity index is 375. The van der Waals surface area contributed by atoms with Gasteiger partial charge in [-0.05, 0) is 25.5 Å². The summed E-state index contributed by atoms with van der Waals surface area (Å²) in [6.45, 7) is 3.12. The summed E-state index contributed by atoms with van der Waals surface area (Å²) in [5.74, 6) is -0.322. The number of nitrogens with two attached hydrogens (primary N) is 1. The zero-order chi connectivity index (χ0) is 11.6. The van der Waals surface area contributed by atoms with Crippen LogP contribution in [0.25, 0.3) is 0 Å². The Morgan fingerprint density at radius 1 is 1.40 bits per heavy atom. The molecule has 0 saturated heterocycles. The van der Waals surface area contributed by atoms with Crippen LogP contribution in [0.1, 0.15) is 34.8 Å². The van der Waals surface area contributed by atoms with Gasteiger partial charge in [0.15, 0.2) is 5.78 Å². The molecule has 0 aliphatic heterocycles. The van der Waals surface area contributed by atoms with E-state index in [1.54, 1.807) is 6.92 Å². The van der Waals surface area contributed by atoms with Crippen LogP contribution in [0.15, 0.2) is 18.2 Å². The van der Waals surface area contributed by atoms with Gasteiger partial charge < -0.3 is 5.73 Å². The van der Waals surface area contributed by atoms with Crippen molar-refractivity contribution in [2.45, 2.75) is 26.3 Å². The van der Waals surface area contributed by atoms with E-state index in [1.807, 2.05) is 0 Å². The molecule has 0 heterocycles. The molecule has 2 nitrogen and oxygen atoms in total. The fourth-order valence-electron chi connectivity index (χ4n) is 1.29. The van der Waals surface area contributed by atoms with Crippen LogP contribution in [-0.2, 0) is 0 Å². The summed E-state index contributed by atoms with van der Waals surface area (Å²) in [7, 11) is 0. The molecule has 0 amide bonds. The lowest BCUT2D eigenvalue weighted by Gasteiger charge is -2.09. The number of rotatable bonds is 3. The summed E-state index contributed by atoms with van der Waals surface area (Å²) in [5.41, 5.74) is 6.00. The lowest BCUT2D eigenvalue weighted by atomic mass is 10.0. The first-order valence-corrected chi connectivity index (χ1v) is 4.62. The largest absolute Gasteiger partial charge is 0.321 e. The van der Waals surface area contributed by atoms with Crippen molar-refractivity contribution in [1.29, 1.82) is 0 Å². The molecule has 0 aromatic heterocycles. The number of halogens is 2. The van der Waals surface area contributed by atoms with Crippen LogP contribution < -0.4 is 5.73 Å². The molecule has 1 rings (SSSR count). The quantitative estimate of drug-likeness (QED) is 0.784. The fourth-order valence-corrected chi connectivity index (χ4v) is 1.29. The van der Waals surface area contributed by atoms with Gasteiger partial charge in [0.25, 0.3) is 6.43 Å². The predicted molar refractivity (Wildman–Crippen MR) is 54.1 cm³/mol. The average Bonchev–Trinajstić information content (AvgIpc) is 2.16. The third kappa shape index (κ3) is 2.59. The Labute approximate surface area is 87.1 Å². The first-order chi connectivity index (χ1) is 6.93.